The Morgan fingerprint density at radius 2 is 1.95 bits per heavy atom. The van der Waals surface area contributed by atoms with Crippen LogP contribution in [0.25, 0.3) is 28.3 Å². The lowest BCUT2D eigenvalue weighted by molar-refractivity contribution is -0.119. The zero-order valence-corrected chi connectivity index (χ0v) is 23.2. The summed E-state index contributed by atoms with van der Waals surface area (Å²) in [5.41, 5.74) is 2.58. The highest BCUT2D eigenvalue weighted by Gasteiger charge is 2.24. The second-order valence-corrected chi connectivity index (χ2v) is 10.6. The summed E-state index contributed by atoms with van der Waals surface area (Å²) in [4.78, 5) is 35.8. The number of aryl methyl sites for hydroxylation is 1. The third-order valence-electron chi connectivity index (χ3n) is 7.12. The highest BCUT2D eigenvalue weighted by Crippen LogP contribution is 2.33. The number of nitrogens with zero attached hydrogens (tertiary/aromatic N) is 8. The molecule has 208 valence electrons. The lowest BCUT2D eigenvalue weighted by Crippen LogP contribution is -2.26. The van der Waals surface area contributed by atoms with Gasteiger partial charge in [-0.1, -0.05) is 41.8 Å². The summed E-state index contributed by atoms with van der Waals surface area (Å²) in [6.45, 7) is -0.819. The van der Waals surface area contributed by atoms with Gasteiger partial charge in [-0.05, 0) is 48.7 Å². The van der Waals surface area contributed by atoms with Gasteiger partial charge in [0.1, 0.15) is 5.69 Å². The molecule has 0 aliphatic carbocycles. The SMILES string of the molecule is [2H]C([2H])([2H])n1ncc2c1-c1cc(ccn1)[C@@H](n1cnc(-c3cc(Cl)ccc3-n3cc(Cl)nn3)cc1=O)CCC[C@@H](C)C(=O)N2. The maximum absolute atomic E-state index is 13.7. The van der Waals surface area contributed by atoms with Crippen molar-refractivity contribution in [3.8, 4) is 28.3 Å². The van der Waals surface area contributed by atoms with Gasteiger partial charge in [-0.2, -0.15) is 5.10 Å². The molecule has 6 rings (SSSR count). The summed E-state index contributed by atoms with van der Waals surface area (Å²) in [6.07, 6.45) is 7.53. The van der Waals surface area contributed by atoms with Crippen LogP contribution in [0.1, 0.15) is 41.9 Å². The number of pyridine rings is 1. The Morgan fingerprint density at radius 3 is 2.73 bits per heavy atom. The van der Waals surface area contributed by atoms with E-state index >= 15 is 0 Å². The average Bonchev–Trinajstić information content (AvgIpc) is 3.61. The topological polar surface area (TPSA) is 125 Å². The van der Waals surface area contributed by atoms with E-state index in [-0.39, 0.29) is 39.6 Å². The van der Waals surface area contributed by atoms with Gasteiger partial charge >= 0.3 is 0 Å². The number of hydrogen-bond acceptors (Lipinski definition) is 7. The standard InChI is InChI=1S/C28H25Cl2N9O2/c1-16-4-3-5-23(17-8-9-31-21(10-17)27-22(34-28(16)41)13-33-37(27)2)38-15-32-20(12-26(38)40)19-11-18(29)6-7-24(19)39-14-25(30)35-36-39/h6-16,23H,3-5H2,1-2H3,(H,34,41)/t16-,23+/m1/s1/i2D3. The Balaban J connectivity index is 1.46. The van der Waals surface area contributed by atoms with Crippen molar-refractivity contribution in [3.05, 3.63) is 87.4 Å². The van der Waals surface area contributed by atoms with Gasteiger partial charge in [0.05, 0.1) is 47.5 Å². The molecule has 13 heteroatoms. The van der Waals surface area contributed by atoms with Crippen molar-refractivity contribution >= 4 is 34.8 Å². The summed E-state index contributed by atoms with van der Waals surface area (Å²) in [7, 11) is 0. The molecule has 11 nitrogen and oxygen atoms in total. The summed E-state index contributed by atoms with van der Waals surface area (Å²) < 4.78 is 27.8. The van der Waals surface area contributed by atoms with E-state index in [0.717, 1.165) is 10.2 Å². The Labute approximate surface area is 249 Å². The number of aromatic nitrogens is 8. The third-order valence-corrected chi connectivity index (χ3v) is 7.53. The van der Waals surface area contributed by atoms with Crippen molar-refractivity contribution in [1.29, 1.82) is 0 Å². The first-order valence-electron chi connectivity index (χ1n) is 14.3. The lowest BCUT2D eigenvalue weighted by Gasteiger charge is -2.23. The molecule has 41 heavy (non-hydrogen) atoms. The Morgan fingerprint density at radius 1 is 1.07 bits per heavy atom. The molecule has 4 aromatic heterocycles. The highest BCUT2D eigenvalue weighted by atomic mass is 35.5. The number of rotatable bonds is 3. The first-order valence-corrected chi connectivity index (χ1v) is 13.6. The summed E-state index contributed by atoms with van der Waals surface area (Å²) >= 11 is 12.3. The van der Waals surface area contributed by atoms with Crippen molar-refractivity contribution in [1.82, 2.24) is 39.3 Å². The van der Waals surface area contributed by atoms with Gasteiger partial charge in [0.2, 0.25) is 5.91 Å². The number of amides is 1. The molecule has 1 aliphatic heterocycles. The van der Waals surface area contributed by atoms with Gasteiger partial charge in [0.15, 0.2) is 5.15 Å². The predicted molar refractivity (Wildman–Crippen MR) is 155 cm³/mol. The largest absolute Gasteiger partial charge is 0.323 e. The van der Waals surface area contributed by atoms with Crippen LogP contribution in [0.4, 0.5) is 5.69 Å². The fourth-order valence-corrected chi connectivity index (χ4v) is 5.30. The number of halogens is 2. The van der Waals surface area contributed by atoms with Crippen LogP contribution in [-0.2, 0) is 11.8 Å². The number of hydrogen-bond donors (Lipinski definition) is 1. The van der Waals surface area contributed by atoms with Crippen LogP contribution in [0.2, 0.25) is 10.2 Å². The van der Waals surface area contributed by atoms with Crippen LogP contribution in [0.5, 0.6) is 0 Å². The number of benzene rings is 1. The number of anilines is 1. The zero-order chi connectivity index (χ0) is 31.2. The van der Waals surface area contributed by atoms with Crippen LogP contribution in [0.3, 0.4) is 0 Å². The molecule has 0 unspecified atom stereocenters. The Hall–Kier alpha value is -4.35. The predicted octanol–water partition coefficient (Wildman–Crippen LogP) is 4.94. The Kier molecular flexibility index (Phi) is 6.21. The molecule has 0 radical (unpaired) electrons. The van der Waals surface area contributed by atoms with Gasteiger partial charge in [-0.3, -0.25) is 23.8 Å². The maximum atomic E-state index is 13.7. The van der Waals surface area contributed by atoms with Crippen molar-refractivity contribution in [2.75, 3.05) is 5.32 Å². The molecule has 0 saturated heterocycles. The van der Waals surface area contributed by atoms with Crippen LogP contribution < -0.4 is 10.9 Å². The number of carbonyl (C=O) groups is 1. The fourth-order valence-electron chi connectivity index (χ4n) is 5.01. The van der Waals surface area contributed by atoms with Crippen LogP contribution >= 0.6 is 23.2 Å². The molecule has 5 heterocycles. The quantitative estimate of drug-likeness (QED) is 0.314. The first-order chi connectivity index (χ1) is 21.0. The molecule has 1 amide bonds. The van der Waals surface area contributed by atoms with Crippen LogP contribution in [0, 0.1) is 5.92 Å². The molecule has 1 N–H and O–H groups in total. The first kappa shape index (κ1) is 23.4. The van der Waals surface area contributed by atoms with Gasteiger partial charge in [0.25, 0.3) is 5.56 Å². The molecule has 1 aliphatic rings. The summed E-state index contributed by atoms with van der Waals surface area (Å²) in [5.74, 6) is -0.645. The van der Waals surface area contributed by atoms with Gasteiger partial charge in [-0.25, -0.2) is 9.67 Å². The molecular formula is C28H25Cl2N9O2. The zero-order valence-electron chi connectivity index (χ0n) is 24.7. The molecule has 0 saturated carbocycles. The summed E-state index contributed by atoms with van der Waals surface area (Å²) in [5, 5.41) is 15.4. The van der Waals surface area contributed by atoms with Gasteiger partial charge < -0.3 is 5.32 Å². The number of nitrogens with one attached hydrogen (secondary N) is 1. The average molecular weight is 593 g/mol. The Bertz CT molecular complexity index is 1940. The molecule has 2 bridgehead atoms. The van der Waals surface area contributed by atoms with Crippen molar-refractivity contribution in [3.63, 3.8) is 0 Å². The molecule has 2 atom stereocenters. The van der Waals surface area contributed by atoms with Crippen LogP contribution in [0.15, 0.2) is 66.1 Å². The van der Waals surface area contributed by atoms with Gasteiger partial charge in [0, 0.05) is 39.9 Å². The van der Waals surface area contributed by atoms with E-state index in [1.807, 2.05) is 0 Å². The molecule has 0 spiro atoms. The minimum atomic E-state index is -2.62. The lowest BCUT2D eigenvalue weighted by atomic mass is 9.95. The molecule has 0 fully saturated rings. The van der Waals surface area contributed by atoms with E-state index in [2.05, 4.69) is 30.7 Å². The van der Waals surface area contributed by atoms with E-state index in [0.29, 0.717) is 41.2 Å². The second-order valence-electron chi connectivity index (χ2n) is 9.80. The van der Waals surface area contributed by atoms with Crippen LogP contribution in [-0.4, -0.2) is 45.2 Å². The van der Waals surface area contributed by atoms with E-state index in [9.17, 15) is 9.59 Å². The van der Waals surface area contributed by atoms with Crippen molar-refractivity contribution < 1.29 is 8.91 Å². The minimum Gasteiger partial charge on any atom is -0.323 e. The number of fused-ring (bicyclic) bond motifs is 4. The smallest absolute Gasteiger partial charge is 0.254 e. The summed E-state index contributed by atoms with van der Waals surface area (Å²) in [6, 6.07) is 9.54. The molecule has 1 aromatic carbocycles. The highest BCUT2D eigenvalue weighted by molar-refractivity contribution is 6.31. The fraction of sp³-hybridized carbons (Fsp3) is 0.250. The van der Waals surface area contributed by atoms with E-state index < -0.39 is 13.0 Å². The third kappa shape index (κ3) is 5.25. The van der Waals surface area contributed by atoms with E-state index in [1.54, 1.807) is 43.5 Å². The maximum Gasteiger partial charge on any atom is 0.254 e. The normalized spacial score (nSPS) is 18.7. The van der Waals surface area contributed by atoms with Gasteiger partial charge in [-0.15, -0.1) is 5.10 Å². The molecular weight excluding hydrogens is 565 g/mol. The molecule has 5 aromatic rings. The van der Waals surface area contributed by atoms with Crippen molar-refractivity contribution in [2.24, 2.45) is 12.9 Å². The van der Waals surface area contributed by atoms with E-state index in [1.165, 1.54) is 34.0 Å². The minimum absolute atomic E-state index is 0.147. The van der Waals surface area contributed by atoms with Crippen molar-refractivity contribution in [2.45, 2.75) is 32.2 Å². The number of carbonyl (C=O) groups excluding carboxylic acids is 1. The monoisotopic (exact) mass is 592 g/mol. The van der Waals surface area contributed by atoms with E-state index in [4.69, 9.17) is 27.3 Å². The second kappa shape index (κ2) is 10.9.